The predicted molar refractivity (Wildman–Crippen MR) is 86.2 cm³/mol. The number of hydrogen-bond acceptors (Lipinski definition) is 4. The van der Waals surface area contributed by atoms with Crippen LogP contribution < -0.4 is 11.1 Å². The van der Waals surface area contributed by atoms with E-state index in [9.17, 15) is 14.0 Å². The number of carbonyl (C=O) groups excluding carboxylic acids is 1. The first kappa shape index (κ1) is 15.9. The smallest absolute Gasteiger partial charge is 0.388 e. The molecule has 0 atom stereocenters. The number of nitrogens with one attached hydrogen (secondary N) is 1. The minimum absolute atomic E-state index is 0.113. The molecule has 0 unspecified atom stereocenters. The van der Waals surface area contributed by atoms with E-state index in [4.69, 9.17) is 16.0 Å². The quantitative estimate of drug-likeness (QED) is 0.787. The van der Waals surface area contributed by atoms with Crippen LogP contribution in [0.1, 0.15) is 0 Å². The third-order valence-electron chi connectivity index (χ3n) is 3.12. The van der Waals surface area contributed by atoms with E-state index in [1.807, 2.05) is 6.07 Å². The molecule has 24 heavy (non-hydrogen) atoms. The fourth-order valence-corrected chi connectivity index (χ4v) is 2.19. The van der Waals surface area contributed by atoms with Gasteiger partial charge in [-0.05, 0) is 30.3 Å². The fourth-order valence-electron chi connectivity index (χ4n) is 2.01. The normalized spacial score (nSPS) is 10.6. The molecule has 0 aliphatic carbocycles. The van der Waals surface area contributed by atoms with E-state index in [0.717, 1.165) is 10.7 Å². The standard InChI is InChI=1S/C16H11ClFN3O3/c17-12-8-11(6-7-13(12)18)19-14(22)9-21-16(23)24-15(20-21)10-4-2-1-3-5-10/h1-8H,9H2,(H,19,22). The third-order valence-corrected chi connectivity index (χ3v) is 3.41. The van der Waals surface area contributed by atoms with Gasteiger partial charge in [-0.25, -0.2) is 9.18 Å². The Labute approximate surface area is 140 Å². The number of hydrogen-bond donors (Lipinski definition) is 1. The number of nitrogens with zero attached hydrogens (tertiary/aromatic N) is 2. The van der Waals surface area contributed by atoms with E-state index < -0.39 is 17.5 Å². The largest absolute Gasteiger partial charge is 0.437 e. The minimum Gasteiger partial charge on any atom is -0.388 e. The van der Waals surface area contributed by atoms with Crippen LogP contribution >= 0.6 is 11.6 Å². The minimum atomic E-state index is -0.749. The zero-order chi connectivity index (χ0) is 17.1. The van der Waals surface area contributed by atoms with Crippen molar-refractivity contribution in [3.8, 4) is 11.5 Å². The Morgan fingerprint density at radius 2 is 2.00 bits per heavy atom. The van der Waals surface area contributed by atoms with Crippen LogP contribution in [-0.4, -0.2) is 15.7 Å². The number of anilines is 1. The summed E-state index contributed by atoms with van der Waals surface area (Å²) in [4.78, 5) is 23.8. The molecule has 8 heteroatoms. The van der Waals surface area contributed by atoms with E-state index in [2.05, 4.69) is 10.4 Å². The Balaban J connectivity index is 1.74. The Kier molecular flexibility index (Phi) is 4.43. The van der Waals surface area contributed by atoms with Crippen LogP contribution in [0.4, 0.5) is 10.1 Å². The van der Waals surface area contributed by atoms with Gasteiger partial charge >= 0.3 is 5.76 Å². The van der Waals surface area contributed by atoms with Crippen molar-refractivity contribution in [1.82, 2.24) is 9.78 Å². The second kappa shape index (κ2) is 6.67. The molecular weight excluding hydrogens is 337 g/mol. The second-order valence-electron chi connectivity index (χ2n) is 4.87. The van der Waals surface area contributed by atoms with Crippen LogP contribution in [0.5, 0.6) is 0 Å². The van der Waals surface area contributed by atoms with Gasteiger partial charge in [0.05, 0.1) is 5.02 Å². The first-order valence-corrected chi connectivity index (χ1v) is 7.29. The molecule has 0 aliphatic heterocycles. The van der Waals surface area contributed by atoms with Gasteiger partial charge in [0.2, 0.25) is 11.8 Å². The number of halogens is 2. The highest BCUT2D eigenvalue weighted by Crippen LogP contribution is 2.19. The van der Waals surface area contributed by atoms with Gasteiger partial charge in [0, 0.05) is 11.3 Å². The summed E-state index contributed by atoms with van der Waals surface area (Å²) < 4.78 is 19.0. The Bertz CT molecular complexity index is 937. The van der Waals surface area contributed by atoms with E-state index in [-0.39, 0.29) is 17.5 Å². The molecule has 6 nitrogen and oxygen atoms in total. The molecule has 0 saturated carbocycles. The molecule has 1 amide bonds. The van der Waals surface area contributed by atoms with Crippen molar-refractivity contribution in [2.75, 3.05) is 5.32 Å². The van der Waals surface area contributed by atoms with E-state index in [0.29, 0.717) is 11.3 Å². The van der Waals surface area contributed by atoms with Crippen molar-refractivity contribution in [3.05, 3.63) is 69.9 Å². The van der Waals surface area contributed by atoms with Crippen molar-refractivity contribution in [2.45, 2.75) is 6.54 Å². The van der Waals surface area contributed by atoms with Crippen LogP contribution in [0, 0.1) is 5.82 Å². The number of carbonyl (C=O) groups is 1. The fraction of sp³-hybridized carbons (Fsp3) is 0.0625. The lowest BCUT2D eigenvalue weighted by Gasteiger charge is -2.05. The monoisotopic (exact) mass is 347 g/mol. The lowest BCUT2D eigenvalue weighted by Crippen LogP contribution is -2.25. The summed E-state index contributed by atoms with van der Waals surface area (Å²) in [6, 6.07) is 12.6. The summed E-state index contributed by atoms with van der Waals surface area (Å²) in [5.74, 6) is -1.73. The second-order valence-corrected chi connectivity index (χ2v) is 5.28. The number of rotatable bonds is 4. The third kappa shape index (κ3) is 3.52. The molecule has 0 spiro atoms. The van der Waals surface area contributed by atoms with Gasteiger partial charge in [-0.2, -0.15) is 4.68 Å². The van der Waals surface area contributed by atoms with Gasteiger partial charge in [0.1, 0.15) is 12.4 Å². The van der Waals surface area contributed by atoms with E-state index in [1.165, 1.54) is 12.1 Å². The SMILES string of the molecule is O=C(Cn1nc(-c2ccccc2)oc1=O)Nc1ccc(F)c(Cl)c1. The van der Waals surface area contributed by atoms with Gasteiger partial charge in [-0.15, -0.1) is 5.10 Å². The molecule has 2 aromatic carbocycles. The van der Waals surface area contributed by atoms with Crippen molar-refractivity contribution in [1.29, 1.82) is 0 Å². The molecule has 0 bridgehead atoms. The van der Waals surface area contributed by atoms with Gasteiger partial charge in [-0.1, -0.05) is 29.8 Å². The van der Waals surface area contributed by atoms with Gasteiger partial charge < -0.3 is 9.73 Å². The molecule has 1 aromatic heterocycles. The molecule has 3 rings (SSSR count). The summed E-state index contributed by atoms with van der Waals surface area (Å²) in [5.41, 5.74) is 0.935. The van der Waals surface area contributed by atoms with Crippen LogP contribution in [0.15, 0.2) is 57.7 Å². The maximum atomic E-state index is 13.1. The summed E-state index contributed by atoms with van der Waals surface area (Å²) >= 11 is 5.65. The summed E-state index contributed by atoms with van der Waals surface area (Å²) in [7, 11) is 0. The Hall–Kier alpha value is -2.93. The molecule has 1 heterocycles. The topological polar surface area (TPSA) is 77.1 Å². The molecule has 0 radical (unpaired) electrons. The molecule has 1 N–H and O–H groups in total. The summed E-state index contributed by atoms with van der Waals surface area (Å²) in [6.07, 6.45) is 0. The molecule has 0 saturated heterocycles. The zero-order valence-electron chi connectivity index (χ0n) is 12.2. The maximum Gasteiger partial charge on any atom is 0.437 e. The highest BCUT2D eigenvalue weighted by atomic mass is 35.5. The lowest BCUT2D eigenvalue weighted by atomic mass is 10.2. The van der Waals surface area contributed by atoms with Gasteiger partial charge in [0.25, 0.3) is 0 Å². The average Bonchev–Trinajstić information content (AvgIpc) is 2.93. The zero-order valence-corrected chi connectivity index (χ0v) is 13.0. The Morgan fingerprint density at radius 3 is 2.71 bits per heavy atom. The molecule has 122 valence electrons. The first-order valence-electron chi connectivity index (χ1n) is 6.91. The molecular formula is C16H11ClFN3O3. The predicted octanol–water partition coefficient (Wildman–Crippen LogP) is 2.93. The highest BCUT2D eigenvalue weighted by molar-refractivity contribution is 6.31. The molecule has 0 fully saturated rings. The van der Waals surface area contributed by atoms with Crippen molar-refractivity contribution in [2.24, 2.45) is 0 Å². The van der Waals surface area contributed by atoms with Crippen molar-refractivity contribution >= 4 is 23.2 Å². The van der Waals surface area contributed by atoms with Gasteiger partial charge in [0.15, 0.2) is 0 Å². The number of amides is 1. The molecule has 3 aromatic rings. The number of aromatic nitrogens is 2. The van der Waals surface area contributed by atoms with Crippen LogP contribution in [0.3, 0.4) is 0 Å². The number of benzene rings is 2. The highest BCUT2D eigenvalue weighted by Gasteiger charge is 2.13. The lowest BCUT2D eigenvalue weighted by molar-refractivity contribution is -0.117. The van der Waals surface area contributed by atoms with E-state index >= 15 is 0 Å². The van der Waals surface area contributed by atoms with Crippen molar-refractivity contribution < 1.29 is 13.6 Å². The van der Waals surface area contributed by atoms with E-state index in [1.54, 1.807) is 24.3 Å². The Morgan fingerprint density at radius 1 is 1.25 bits per heavy atom. The first-order chi connectivity index (χ1) is 11.5. The maximum absolute atomic E-state index is 13.1. The van der Waals surface area contributed by atoms with Crippen LogP contribution in [-0.2, 0) is 11.3 Å². The average molecular weight is 348 g/mol. The van der Waals surface area contributed by atoms with Crippen LogP contribution in [0.25, 0.3) is 11.5 Å². The van der Waals surface area contributed by atoms with Crippen LogP contribution in [0.2, 0.25) is 5.02 Å². The summed E-state index contributed by atoms with van der Waals surface area (Å²) in [5, 5.41) is 6.37. The summed E-state index contributed by atoms with van der Waals surface area (Å²) in [6.45, 7) is -0.343. The van der Waals surface area contributed by atoms with Gasteiger partial charge in [-0.3, -0.25) is 4.79 Å². The van der Waals surface area contributed by atoms with Crippen molar-refractivity contribution in [3.63, 3.8) is 0 Å². The molecule has 0 aliphatic rings.